The number of esters is 1. The molecule has 0 atom stereocenters. The van der Waals surface area contributed by atoms with E-state index in [-0.39, 0.29) is 16.1 Å². The van der Waals surface area contributed by atoms with Crippen LogP contribution in [-0.2, 0) is 21.3 Å². The summed E-state index contributed by atoms with van der Waals surface area (Å²) in [7, 11) is -1.06. The number of aryl methyl sites for hydroxylation is 1. The molecule has 0 radical (unpaired) electrons. The Morgan fingerprint density at radius 1 is 1.00 bits per heavy atom. The minimum atomic E-state index is -3.87. The molecule has 4 aromatic rings. The van der Waals surface area contributed by atoms with Crippen LogP contribution < -0.4 is 14.3 Å². The first-order chi connectivity index (χ1) is 17.2. The Kier molecular flexibility index (Phi) is 7.22. The molecular formula is C25H23N3O6S2. The minimum Gasteiger partial charge on any atom is -0.497 e. The van der Waals surface area contributed by atoms with Gasteiger partial charge in [0.15, 0.2) is 4.80 Å². The molecule has 0 saturated carbocycles. The van der Waals surface area contributed by atoms with E-state index in [1.807, 2.05) is 11.5 Å². The highest BCUT2D eigenvalue weighted by atomic mass is 32.2. The average molecular weight is 526 g/mol. The van der Waals surface area contributed by atoms with E-state index in [1.54, 1.807) is 48.5 Å². The van der Waals surface area contributed by atoms with Gasteiger partial charge in [-0.2, -0.15) is 4.99 Å². The number of thiazole rings is 1. The molecule has 1 heterocycles. The van der Waals surface area contributed by atoms with Crippen molar-refractivity contribution in [3.05, 3.63) is 82.7 Å². The second kappa shape index (κ2) is 10.3. The molecule has 0 unspecified atom stereocenters. The number of amides is 1. The van der Waals surface area contributed by atoms with Gasteiger partial charge >= 0.3 is 5.97 Å². The number of ether oxygens (including phenoxy) is 2. The third-order valence-corrected chi connectivity index (χ3v) is 7.79. The Morgan fingerprint density at radius 3 is 2.42 bits per heavy atom. The van der Waals surface area contributed by atoms with Gasteiger partial charge < -0.3 is 14.0 Å². The Bertz CT molecular complexity index is 1620. The smallest absolute Gasteiger partial charge is 0.337 e. The number of aromatic nitrogens is 1. The van der Waals surface area contributed by atoms with E-state index in [4.69, 9.17) is 9.47 Å². The predicted molar refractivity (Wildman–Crippen MR) is 137 cm³/mol. The monoisotopic (exact) mass is 525 g/mol. The molecule has 0 bridgehead atoms. The zero-order chi connectivity index (χ0) is 25.9. The summed E-state index contributed by atoms with van der Waals surface area (Å²) in [4.78, 5) is 29.7. The molecule has 0 spiro atoms. The summed E-state index contributed by atoms with van der Waals surface area (Å²) in [5.41, 5.74) is 1.70. The molecule has 1 aromatic heterocycles. The number of fused-ring (bicyclic) bond motifs is 1. The van der Waals surface area contributed by atoms with E-state index in [9.17, 15) is 18.0 Å². The largest absolute Gasteiger partial charge is 0.497 e. The molecule has 1 amide bonds. The number of rotatable bonds is 7. The van der Waals surface area contributed by atoms with E-state index in [0.717, 1.165) is 10.2 Å². The first-order valence-electron chi connectivity index (χ1n) is 10.8. The standard InChI is InChI=1S/C25H23N3O6S2/c1-4-28-21-13-8-17(24(30)34-3)15-22(21)35-25(28)26-23(29)16-6-5-7-18(14-16)27-36(31,32)20-11-9-19(33-2)10-12-20/h5-15,27H,4H2,1-3H3. The second-order valence-electron chi connectivity index (χ2n) is 7.58. The van der Waals surface area contributed by atoms with E-state index in [1.165, 1.54) is 43.8 Å². The first kappa shape index (κ1) is 25.1. The first-order valence-corrected chi connectivity index (χ1v) is 13.1. The fourth-order valence-corrected chi connectivity index (χ4v) is 5.73. The van der Waals surface area contributed by atoms with E-state index in [0.29, 0.717) is 22.7 Å². The van der Waals surface area contributed by atoms with Crippen LogP contribution in [0.2, 0.25) is 0 Å². The Hall–Kier alpha value is -3.96. The van der Waals surface area contributed by atoms with Gasteiger partial charge in [0.1, 0.15) is 5.75 Å². The summed E-state index contributed by atoms with van der Waals surface area (Å²) in [5, 5.41) is 0. The van der Waals surface area contributed by atoms with Gasteiger partial charge in [-0.25, -0.2) is 13.2 Å². The zero-order valence-corrected chi connectivity index (χ0v) is 21.4. The van der Waals surface area contributed by atoms with Gasteiger partial charge in [-0.1, -0.05) is 17.4 Å². The van der Waals surface area contributed by atoms with E-state index >= 15 is 0 Å². The second-order valence-corrected chi connectivity index (χ2v) is 10.3. The number of methoxy groups -OCH3 is 2. The summed E-state index contributed by atoms with van der Waals surface area (Å²) in [6, 6.07) is 17.3. The highest BCUT2D eigenvalue weighted by molar-refractivity contribution is 7.92. The van der Waals surface area contributed by atoms with Crippen LogP contribution in [0.4, 0.5) is 5.69 Å². The Balaban J connectivity index is 1.64. The average Bonchev–Trinajstić information content (AvgIpc) is 3.24. The summed E-state index contributed by atoms with van der Waals surface area (Å²) < 4.78 is 40.5. The number of carbonyl (C=O) groups is 2. The Morgan fingerprint density at radius 2 is 1.75 bits per heavy atom. The lowest BCUT2D eigenvalue weighted by Crippen LogP contribution is -2.16. The Labute approximate surface area is 211 Å². The molecule has 4 rings (SSSR count). The third-order valence-electron chi connectivity index (χ3n) is 5.35. The molecule has 0 saturated heterocycles. The number of anilines is 1. The number of carbonyl (C=O) groups excluding carboxylic acids is 2. The quantitative estimate of drug-likeness (QED) is 0.364. The summed E-state index contributed by atoms with van der Waals surface area (Å²) in [6.45, 7) is 2.49. The van der Waals surface area contributed by atoms with Crippen LogP contribution in [0.3, 0.4) is 0 Å². The lowest BCUT2D eigenvalue weighted by Gasteiger charge is -2.09. The van der Waals surface area contributed by atoms with E-state index in [2.05, 4.69) is 9.71 Å². The zero-order valence-electron chi connectivity index (χ0n) is 19.7. The maximum atomic E-state index is 13.0. The van der Waals surface area contributed by atoms with Crippen LogP contribution >= 0.6 is 11.3 Å². The van der Waals surface area contributed by atoms with Crippen LogP contribution in [0.5, 0.6) is 5.75 Å². The fraction of sp³-hybridized carbons (Fsp3) is 0.160. The van der Waals surface area contributed by atoms with Crippen LogP contribution in [0.25, 0.3) is 10.2 Å². The van der Waals surface area contributed by atoms with Crippen molar-refractivity contribution in [3.8, 4) is 5.75 Å². The number of hydrogen-bond acceptors (Lipinski definition) is 7. The third kappa shape index (κ3) is 5.16. The van der Waals surface area contributed by atoms with Crippen molar-refractivity contribution >= 4 is 49.1 Å². The summed E-state index contributed by atoms with van der Waals surface area (Å²) in [6.07, 6.45) is 0. The van der Waals surface area contributed by atoms with Crippen LogP contribution in [0.15, 0.2) is 76.6 Å². The summed E-state index contributed by atoms with van der Waals surface area (Å²) in [5.74, 6) is -0.436. The van der Waals surface area contributed by atoms with Gasteiger partial charge in [-0.05, 0) is 67.6 Å². The van der Waals surface area contributed by atoms with Gasteiger partial charge in [0.2, 0.25) is 0 Å². The highest BCUT2D eigenvalue weighted by Gasteiger charge is 2.16. The molecule has 9 nitrogen and oxygen atoms in total. The van der Waals surface area contributed by atoms with Crippen molar-refractivity contribution in [2.24, 2.45) is 4.99 Å². The predicted octanol–water partition coefficient (Wildman–Crippen LogP) is 4.06. The number of sulfonamides is 1. The topological polar surface area (TPSA) is 116 Å². The molecule has 186 valence electrons. The molecule has 3 aromatic carbocycles. The highest BCUT2D eigenvalue weighted by Crippen LogP contribution is 2.22. The van der Waals surface area contributed by atoms with Gasteiger partial charge in [-0.3, -0.25) is 9.52 Å². The number of nitrogens with zero attached hydrogens (tertiary/aromatic N) is 2. The minimum absolute atomic E-state index is 0.0605. The SMILES string of the molecule is CCn1c(=NC(=O)c2cccc(NS(=O)(=O)c3ccc(OC)cc3)c2)sc2cc(C(=O)OC)ccc21. The van der Waals surface area contributed by atoms with Crippen molar-refractivity contribution in [2.45, 2.75) is 18.4 Å². The fourth-order valence-electron chi connectivity index (χ4n) is 3.55. The van der Waals surface area contributed by atoms with Crippen molar-refractivity contribution in [1.82, 2.24) is 4.57 Å². The van der Waals surface area contributed by atoms with E-state index < -0.39 is 21.9 Å². The lowest BCUT2D eigenvalue weighted by molar-refractivity contribution is 0.0600. The van der Waals surface area contributed by atoms with Crippen LogP contribution in [0.1, 0.15) is 27.6 Å². The molecule has 1 N–H and O–H groups in total. The molecule has 0 aliphatic heterocycles. The molecule has 11 heteroatoms. The lowest BCUT2D eigenvalue weighted by atomic mass is 10.2. The molecule has 0 aliphatic carbocycles. The maximum Gasteiger partial charge on any atom is 0.337 e. The van der Waals surface area contributed by atoms with Crippen molar-refractivity contribution in [2.75, 3.05) is 18.9 Å². The van der Waals surface area contributed by atoms with Crippen LogP contribution in [0, 0.1) is 0 Å². The number of nitrogens with one attached hydrogen (secondary N) is 1. The van der Waals surface area contributed by atoms with Gasteiger partial charge in [-0.15, -0.1) is 0 Å². The molecular weight excluding hydrogens is 502 g/mol. The van der Waals surface area contributed by atoms with Crippen molar-refractivity contribution in [3.63, 3.8) is 0 Å². The van der Waals surface area contributed by atoms with Crippen LogP contribution in [-0.4, -0.2) is 39.1 Å². The molecule has 0 aliphatic rings. The van der Waals surface area contributed by atoms with Crippen molar-refractivity contribution in [1.29, 1.82) is 0 Å². The summed E-state index contributed by atoms with van der Waals surface area (Å²) >= 11 is 1.27. The number of hydrogen-bond donors (Lipinski definition) is 1. The molecule has 36 heavy (non-hydrogen) atoms. The van der Waals surface area contributed by atoms with Gasteiger partial charge in [0.05, 0.1) is 34.9 Å². The normalized spacial score (nSPS) is 11.9. The van der Waals surface area contributed by atoms with Crippen molar-refractivity contribution < 1.29 is 27.5 Å². The molecule has 0 fully saturated rings. The number of benzene rings is 3. The van der Waals surface area contributed by atoms with Gasteiger partial charge in [0.25, 0.3) is 15.9 Å². The maximum absolute atomic E-state index is 13.0. The van der Waals surface area contributed by atoms with Gasteiger partial charge in [0, 0.05) is 17.8 Å².